The van der Waals surface area contributed by atoms with Crippen LogP contribution in [0.1, 0.15) is 26.2 Å². The third kappa shape index (κ3) is 4.68. The molecule has 2 heterocycles. The SMILES string of the molecule is CC1CCN(S(=O)(=O)c2ccc(N3C[C@@H](C(=O)Nc4ccc(F)cc4)CC3=O)cc2)CC1. The van der Waals surface area contributed by atoms with E-state index in [-0.39, 0.29) is 29.7 Å². The predicted octanol–water partition coefficient (Wildman–Crippen LogP) is 3.24. The van der Waals surface area contributed by atoms with Gasteiger partial charge in [0, 0.05) is 37.4 Å². The number of nitrogens with one attached hydrogen (secondary N) is 1. The van der Waals surface area contributed by atoms with Crippen LogP contribution in [0.5, 0.6) is 0 Å². The Kier molecular flexibility index (Phi) is 6.30. The van der Waals surface area contributed by atoms with Gasteiger partial charge in [0.1, 0.15) is 5.82 Å². The van der Waals surface area contributed by atoms with Gasteiger partial charge in [0.05, 0.1) is 10.8 Å². The van der Waals surface area contributed by atoms with Crippen LogP contribution in [0.3, 0.4) is 0 Å². The average Bonchev–Trinajstić information content (AvgIpc) is 3.17. The van der Waals surface area contributed by atoms with Crippen LogP contribution in [-0.4, -0.2) is 44.2 Å². The Morgan fingerprint density at radius 2 is 1.66 bits per heavy atom. The minimum Gasteiger partial charge on any atom is -0.326 e. The second-order valence-electron chi connectivity index (χ2n) is 8.48. The van der Waals surface area contributed by atoms with Crippen LogP contribution in [0, 0.1) is 17.7 Å². The number of hydrogen-bond donors (Lipinski definition) is 1. The van der Waals surface area contributed by atoms with Gasteiger partial charge >= 0.3 is 0 Å². The Hall–Kier alpha value is -2.78. The molecule has 1 N–H and O–H groups in total. The number of sulfonamides is 1. The van der Waals surface area contributed by atoms with E-state index in [2.05, 4.69) is 12.2 Å². The van der Waals surface area contributed by atoms with E-state index in [9.17, 15) is 22.4 Å². The quantitative estimate of drug-likeness (QED) is 0.744. The lowest BCUT2D eigenvalue weighted by atomic mass is 10.0. The molecule has 0 saturated carbocycles. The van der Waals surface area contributed by atoms with E-state index in [0.29, 0.717) is 30.4 Å². The van der Waals surface area contributed by atoms with Crippen molar-refractivity contribution in [3.63, 3.8) is 0 Å². The highest BCUT2D eigenvalue weighted by Crippen LogP contribution is 2.29. The molecule has 2 aliphatic rings. The van der Waals surface area contributed by atoms with Gasteiger partial charge in [-0.1, -0.05) is 6.92 Å². The summed E-state index contributed by atoms with van der Waals surface area (Å²) < 4.78 is 40.3. The van der Waals surface area contributed by atoms with Crippen LogP contribution >= 0.6 is 0 Å². The molecule has 0 aliphatic carbocycles. The maximum absolute atomic E-state index is 13.0. The molecule has 2 saturated heterocycles. The number of piperidine rings is 1. The van der Waals surface area contributed by atoms with Crippen LogP contribution in [-0.2, 0) is 19.6 Å². The lowest BCUT2D eigenvalue weighted by Gasteiger charge is -2.29. The van der Waals surface area contributed by atoms with Crippen molar-refractivity contribution in [2.75, 3.05) is 29.9 Å². The zero-order valence-electron chi connectivity index (χ0n) is 17.8. The lowest BCUT2D eigenvalue weighted by molar-refractivity contribution is -0.122. The summed E-state index contributed by atoms with van der Waals surface area (Å²) in [6.07, 6.45) is 1.75. The van der Waals surface area contributed by atoms with E-state index in [1.165, 1.54) is 45.6 Å². The zero-order valence-corrected chi connectivity index (χ0v) is 18.6. The van der Waals surface area contributed by atoms with Crippen LogP contribution in [0.25, 0.3) is 0 Å². The number of rotatable bonds is 5. The molecule has 0 bridgehead atoms. The number of halogens is 1. The highest BCUT2D eigenvalue weighted by Gasteiger charge is 2.35. The molecule has 2 aromatic rings. The Bertz CT molecular complexity index is 1100. The first-order chi connectivity index (χ1) is 15.2. The highest BCUT2D eigenvalue weighted by atomic mass is 32.2. The monoisotopic (exact) mass is 459 g/mol. The molecule has 9 heteroatoms. The van der Waals surface area contributed by atoms with Crippen molar-refractivity contribution in [3.05, 3.63) is 54.3 Å². The molecule has 170 valence electrons. The first-order valence-electron chi connectivity index (χ1n) is 10.7. The topological polar surface area (TPSA) is 86.8 Å². The van der Waals surface area contributed by atoms with Gasteiger partial charge in [-0.15, -0.1) is 0 Å². The largest absolute Gasteiger partial charge is 0.326 e. The van der Waals surface area contributed by atoms with E-state index < -0.39 is 21.8 Å². The van der Waals surface area contributed by atoms with Crippen molar-refractivity contribution in [2.24, 2.45) is 11.8 Å². The first-order valence-corrected chi connectivity index (χ1v) is 12.1. The Balaban J connectivity index is 1.42. The summed E-state index contributed by atoms with van der Waals surface area (Å²) in [5, 5.41) is 2.70. The second-order valence-corrected chi connectivity index (χ2v) is 10.4. The summed E-state index contributed by atoms with van der Waals surface area (Å²) in [4.78, 5) is 26.7. The van der Waals surface area contributed by atoms with Gasteiger partial charge in [0.2, 0.25) is 21.8 Å². The molecule has 32 heavy (non-hydrogen) atoms. The second kappa shape index (κ2) is 8.99. The molecule has 0 spiro atoms. The van der Waals surface area contributed by atoms with Crippen molar-refractivity contribution in [1.82, 2.24) is 4.31 Å². The number of amides is 2. The predicted molar refractivity (Wildman–Crippen MR) is 119 cm³/mol. The smallest absolute Gasteiger partial charge is 0.243 e. The Morgan fingerprint density at radius 3 is 2.28 bits per heavy atom. The van der Waals surface area contributed by atoms with Crippen molar-refractivity contribution < 1.29 is 22.4 Å². The molecular formula is C23H26FN3O4S. The Morgan fingerprint density at radius 1 is 1.03 bits per heavy atom. The number of carbonyl (C=O) groups is 2. The molecule has 0 aromatic heterocycles. The summed E-state index contributed by atoms with van der Waals surface area (Å²) in [7, 11) is -3.56. The van der Waals surface area contributed by atoms with Crippen molar-refractivity contribution >= 4 is 33.2 Å². The fourth-order valence-electron chi connectivity index (χ4n) is 4.08. The van der Waals surface area contributed by atoms with Gasteiger partial charge in [0.15, 0.2) is 0 Å². The molecule has 4 rings (SSSR count). The van der Waals surface area contributed by atoms with Crippen LogP contribution in [0.4, 0.5) is 15.8 Å². The van der Waals surface area contributed by atoms with E-state index in [4.69, 9.17) is 0 Å². The fraction of sp³-hybridized carbons (Fsp3) is 0.391. The van der Waals surface area contributed by atoms with Crippen LogP contribution < -0.4 is 10.2 Å². The van der Waals surface area contributed by atoms with Crippen LogP contribution in [0.2, 0.25) is 0 Å². The molecule has 2 amide bonds. The molecule has 7 nitrogen and oxygen atoms in total. The molecular weight excluding hydrogens is 433 g/mol. The minimum atomic E-state index is -3.56. The molecule has 0 radical (unpaired) electrons. The number of nitrogens with zero attached hydrogens (tertiary/aromatic N) is 2. The number of hydrogen-bond acceptors (Lipinski definition) is 4. The Labute approximate surface area is 187 Å². The van der Waals surface area contributed by atoms with Gasteiger partial charge in [-0.3, -0.25) is 9.59 Å². The van der Waals surface area contributed by atoms with Crippen LogP contribution in [0.15, 0.2) is 53.4 Å². The lowest BCUT2D eigenvalue weighted by Crippen LogP contribution is -2.37. The normalized spacial score (nSPS) is 20.5. The number of benzene rings is 2. The first kappa shape index (κ1) is 22.4. The van der Waals surface area contributed by atoms with E-state index in [1.54, 1.807) is 12.1 Å². The van der Waals surface area contributed by atoms with E-state index >= 15 is 0 Å². The fourth-order valence-corrected chi connectivity index (χ4v) is 5.55. The van der Waals surface area contributed by atoms with Crippen molar-refractivity contribution in [3.8, 4) is 0 Å². The van der Waals surface area contributed by atoms with Gasteiger partial charge < -0.3 is 10.2 Å². The molecule has 1 atom stereocenters. The molecule has 2 aromatic carbocycles. The maximum atomic E-state index is 13.0. The van der Waals surface area contributed by atoms with Gasteiger partial charge in [-0.05, 0) is 67.3 Å². The van der Waals surface area contributed by atoms with Gasteiger partial charge in [-0.25, -0.2) is 12.8 Å². The molecule has 2 aliphatic heterocycles. The van der Waals surface area contributed by atoms with Gasteiger partial charge in [-0.2, -0.15) is 4.31 Å². The van der Waals surface area contributed by atoms with E-state index in [1.807, 2.05) is 0 Å². The standard InChI is InChI=1S/C23H26FN3O4S/c1-16-10-12-26(13-11-16)32(30,31)21-8-6-20(7-9-21)27-15-17(14-22(27)28)23(29)25-19-4-2-18(24)3-5-19/h2-9,16-17H,10-15H2,1H3,(H,25,29)/t17-/m0/s1. The van der Waals surface area contributed by atoms with Crippen molar-refractivity contribution in [2.45, 2.75) is 31.1 Å². The average molecular weight is 460 g/mol. The number of anilines is 2. The summed E-state index contributed by atoms with van der Waals surface area (Å²) >= 11 is 0. The summed E-state index contributed by atoms with van der Waals surface area (Å²) in [6, 6.07) is 11.7. The van der Waals surface area contributed by atoms with Gasteiger partial charge in [0.25, 0.3) is 0 Å². The molecule has 0 unspecified atom stereocenters. The zero-order chi connectivity index (χ0) is 22.9. The third-order valence-electron chi connectivity index (χ3n) is 6.14. The minimum absolute atomic E-state index is 0.0546. The highest BCUT2D eigenvalue weighted by molar-refractivity contribution is 7.89. The van der Waals surface area contributed by atoms with Crippen molar-refractivity contribution in [1.29, 1.82) is 0 Å². The summed E-state index contributed by atoms with van der Waals surface area (Å²) in [5.41, 5.74) is 1.02. The maximum Gasteiger partial charge on any atom is 0.243 e. The van der Waals surface area contributed by atoms with E-state index in [0.717, 1.165) is 12.8 Å². The summed E-state index contributed by atoms with van der Waals surface area (Å²) in [5.74, 6) is -0.939. The number of carbonyl (C=O) groups excluding carboxylic acids is 2. The summed E-state index contributed by atoms with van der Waals surface area (Å²) in [6.45, 7) is 3.35. The third-order valence-corrected chi connectivity index (χ3v) is 8.05. The molecule has 2 fully saturated rings.